The fraction of sp³-hybridized carbons (Fsp3) is 0. The minimum absolute atomic E-state index is 0.159. The quantitative estimate of drug-likeness (QED) is 0.893. The summed E-state index contributed by atoms with van der Waals surface area (Å²) in [7, 11) is 0. The van der Waals surface area contributed by atoms with Crippen LogP contribution in [0.1, 0.15) is 21.5 Å². The van der Waals surface area contributed by atoms with E-state index >= 15 is 0 Å². The molecule has 0 aliphatic rings. The van der Waals surface area contributed by atoms with Gasteiger partial charge in [-0.05, 0) is 34.9 Å². The highest BCUT2D eigenvalue weighted by Gasteiger charge is 2.12. The molecule has 0 saturated heterocycles. The highest BCUT2D eigenvalue weighted by molar-refractivity contribution is 5.96. The number of halogens is 1. The molecule has 0 aliphatic heterocycles. The van der Waals surface area contributed by atoms with Gasteiger partial charge in [0.1, 0.15) is 5.82 Å². The van der Waals surface area contributed by atoms with Crippen molar-refractivity contribution in [1.29, 1.82) is 0 Å². The van der Waals surface area contributed by atoms with Crippen LogP contribution in [0.2, 0.25) is 0 Å². The van der Waals surface area contributed by atoms with Crippen molar-refractivity contribution in [2.24, 2.45) is 0 Å². The Bertz CT molecular complexity index is 617. The van der Waals surface area contributed by atoms with Crippen LogP contribution in [-0.2, 0) is 0 Å². The summed E-state index contributed by atoms with van der Waals surface area (Å²) in [4.78, 5) is 11.1. The molecule has 0 bridgehead atoms. The molecule has 2 rings (SSSR count). The maximum absolute atomic E-state index is 13.1. The van der Waals surface area contributed by atoms with Crippen LogP contribution in [0, 0.1) is 5.82 Å². The van der Waals surface area contributed by atoms with E-state index in [-0.39, 0.29) is 11.4 Å². The summed E-state index contributed by atoms with van der Waals surface area (Å²) < 4.78 is 13.1. The summed E-state index contributed by atoms with van der Waals surface area (Å²) in [6.45, 7) is 3.85. The Morgan fingerprint density at radius 1 is 1.06 bits per heavy atom. The normalized spacial score (nSPS) is 10.1. The van der Waals surface area contributed by atoms with Gasteiger partial charge in [0.25, 0.3) is 0 Å². The Labute approximate surface area is 104 Å². The highest BCUT2D eigenvalue weighted by Crippen LogP contribution is 2.25. The second-order valence-corrected chi connectivity index (χ2v) is 3.84. The van der Waals surface area contributed by atoms with Crippen molar-refractivity contribution in [3.63, 3.8) is 0 Å². The SMILES string of the molecule is C=C(c1cccc(F)c1)c1ccccc1C(=O)O. The van der Waals surface area contributed by atoms with E-state index in [2.05, 4.69) is 6.58 Å². The minimum Gasteiger partial charge on any atom is -0.478 e. The highest BCUT2D eigenvalue weighted by atomic mass is 19.1. The van der Waals surface area contributed by atoms with Crippen LogP contribution in [-0.4, -0.2) is 11.1 Å². The third-order valence-corrected chi connectivity index (χ3v) is 2.66. The number of rotatable bonds is 3. The van der Waals surface area contributed by atoms with Crippen LogP contribution in [0.15, 0.2) is 55.1 Å². The van der Waals surface area contributed by atoms with Crippen molar-refractivity contribution in [2.75, 3.05) is 0 Å². The molecule has 2 nitrogen and oxygen atoms in total. The van der Waals surface area contributed by atoms with Crippen molar-refractivity contribution >= 4 is 11.5 Å². The molecule has 2 aromatic carbocycles. The zero-order valence-electron chi connectivity index (χ0n) is 9.56. The largest absolute Gasteiger partial charge is 0.478 e. The van der Waals surface area contributed by atoms with E-state index in [1.807, 2.05) is 0 Å². The second-order valence-electron chi connectivity index (χ2n) is 3.84. The molecule has 0 spiro atoms. The molecule has 0 aliphatic carbocycles. The Morgan fingerprint density at radius 3 is 2.33 bits per heavy atom. The Balaban J connectivity index is 2.50. The molecule has 90 valence electrons. The predicted molar refractivity (Wildman–Crippen MR) is 67.9 cm³/mol. The molecule has 0 radical (unpaired) electrons. The average molecular weight is 242 g/mol. The number of hydrogen-bond acceptors (Lipinski definition) is 1. The molecule has 0 unspecified atom stereocenters. The van der Waals surface area contributed by atoms with Crippen molar-refractivity contribution in [3.8, 4) is 0 Å². The van der Waals surface area contributed by atoms with Crippen LogP contribution in [0.25, 0.3) is 5.57 Å². The van der Waals surface area contributed by atoms with E-state index < -0.39 is 5.97 Å². The van der Waals surface area contributed by atoms with E-state index in [1.54, 1.807) is 30.3 Å². The van der Waals surface area contributed by atoms with Gasteiger partial charge in [0.05, 0.1) is 5.56 Å². The second kappa shape index (κ2) is 4.84. The lowest BCUT2D eigenvalue weighted by atomic mass is 9.95. The Hall–Kier alpha value is -2.42. The van der Waals surface area contributed by atoms with Crippen LogP contribution < -0.4 is 0 Å². The van der Waals surface area contributed by atoms with E-state index in [0.717, 1.165) is 0 Å². The Kier molecular flexibility index (Phi) is 3.24. The first-order chi connectivity index (χ1) is 8.59. The fourth-order valence-corrected chi connectivity index (χ4v) is 1.76. The minimum atomic E-state index is -1.02. The summed E-state index contributed by atoms with van der Waals surface area (Å²) in [5.74, 6) is -1.40. The lowest BCUT2D eigenvalue weighted by Gasteiger charge is -2.09. The first-order valence-corrected chi connectivity index (χ1v) is 5.37. The first-order valence-electron chi connectivity index (χ1n) is 5.37. The van der Waals surface area contributed by atoms with Gasteiger partial charge in [0.15, 0.2) is 0 Å². The number of hydrogen-bond donors (Lipinski definition) is 1. The molecule has 0 amide bonds. The molecular formula is C15H11FO2. The molecular weight excluding hydrogens is 231 g/mol. The summed E-state index contributed by atoms with van der Waals surface area (Å²) in [5.41, 5.74) is 1.72. The first kappa shape index (κ1) is 12.0. The summed E-state index contributed by atoms with van der Waals surface area (Å²) >= 11 is 0. The van der Waals surface area contributed by atoms with Gasteiger partial charge in [-0.3, -0.25) is 0 Å². The van der Waals surface area contributed by atoms with Crippen LogP contribution in [0.5, 0.6) is 0 Å². The van der Waals surface area contributed by atoms with E-state index in [4.69, 9.17) is 5.11 Å². The van der Waals surface area contributed by atoms with E-state index in [0.29, 0.717) is 16.7 Å². The lowest BCUT2D eigenvalue weighted by Crippen LogP contribution is -2.02. The molecule has 3 heteroatoms. The molecule has 0 heterocycles. The van der Waals surface area contributed by atoms with E-state index in [1.165, 1.54) is 18.2 Å². The van der Waals surface area contributed by atoms with Crippen molar-refractivity contribution in [3.05, 3.63) is 77.6 Å². The maximum Gasteiger partial charge on any atom is 0.336 e. The van der Waals surface area contributed by atoms with Gasteiger partial charge >= 0.3 is 5.97 Å². The molecule has 18 heavy (non-hydrogen) atoms. The monoisotopic (exact) mass is 242 g/mol. The van der Waals surface area contributed by atoms with Crippen molar-refractivity contribution in [2.45, 2.75) is 0 Å². The standard InChI is InChI=1S/C15H11FO2/c1-10(11-5-4-6-12(16)9-11)13-7-2-3-8-14(13)15(17)18/h2-9H,1H2,(H,17,18). The average Bonchev–Trinajstić information content (AvgIpc) is 2.38. The number of aromatic carboxylic acids is 1. The maximum atomic E-state index is 13.1. The zero-order chi connectivity index (χ0) is 13.1. The van der Waals surface area contributed by atoms with Crippen molar-refractivity contribution < 1.29 is 14.3 Å². The molecule has 2 aromatic rings. The topological polar surface area (TPSA) is 37.3 Å². The Morgan fingerprint density at radius 2 is 1.72 bits per heavy atom. The number of benzene rings is 2. The molecule has 0 atom stereocenters. The van der Waals surface area contributed by atoms with Gasteiger partial charge in [0.2, 0.25) is 0 Å². The van der Waals surface area contributed by atoms with Gasteiger partial charge in [-0.15, -0.1) is 0 Å². The molecule has 1 N–H and O–H groups in total. The van der Waals surface area contributed by atoms with Gasteiger partial charge in [-0.1, -0.05) is 36.9 Å². The number of carboxylic acids is 1. The van der Waals surface area contributed by atoms with Crippen molar-refractivity contribution in [1.82, 2.24) is 0 Å². The van der Waals surface area contributed by atoms with Crippen LogP contribution in [0.4, 0.5) is 4.39 Å². The molecule has 0 saturated carbocycles. The summed E-state index contributed by atoms with van der Waals surface area (Å²) in [6.07, 6.45) is 0. The third-order valence-electron chi connectivity index (χ3n) is 2.66. The fourth-order valence-electron chi connectivity index (χ4n) is 1.76. The molecule has 0 aromatic heterocycles. The van der Waals surface area contributed by atoms with Gasteiger partial charge in [-0.2, -0.15) is 0 Å². The lowest BCUT2D eigenvalue weighted by molar-refractivity contribution is 0.0696. The number of carboxylic acid groups (broad SMARTS) is 1. The summed E-state index contributed by atoms with van der Waals surface area (Å²) in [6, 6.07) is 12.5. The zero-order valence-corrected chi connectivity index (χ0v) is 9.56. The van der Waals surface area contributed by atoms with Crippen LogP contribution in [0.3, 0.4) is 0 Å². The van der Waals surface area contributed by atoms with Crippen LogP contribution >= 0.6 is 0 Å². The van der Waals surface area contributed by atoms with Gasteiger partial charge in [-0.25, -0.2) is 9.18 Å². The van der Waals surface area contributed by atoms with E-state index in [9.17, 15) is 9.18 Å². The predicted octanol–water partition coefficient (Wildman–Crippen LogP) is 3.59. The van der Waals surface area contributed by atoms with Gasteiger partial charge < -0.3 is 5.11 Å². The number of carbonyl (C=O) groups is 1. The third kappa shape index (κ3) is 2.30. The molecule has 0 fully saturated rings. The smallest absolute Gasteiger partial charge is 0.336 e. The summed E-state index contributed by atoms with van der Waals surface area (Å²) in [5, 5.41) is 9.10. The van der Waals surface area contributed by atoms with Gasteiger partial charge in [0, 0.05) is 0 Å².